The summed E-state index contributed by atoms with van der Waals surface area (Å²) >= 11 is 1.38. The molecule has 1 aliphatic carbocycles. The minimum absolute atomic E-state index is 0.0563. The van der Waals surface area contributed by atoms with Crippen LogP contribution in [-0.4, -0.2) is 21.1 Å². The summed E-state index contributed by atoms with van der Waals surface area (Å²) in [5.74, 6) is 0.345. The number of carbonyl (C=O) groups is 1. The highest BCUT2D eigenvalue weighted by molar-refractivity contribution is 8.00. The van der Waals surface area contributed by atoms with Crippen molar-refractivity contribution in [3.8, 4) is 5.69 Å². The van der Waals surface area contributed by atoms with Crippen molar-refractivity contribution in [2.75, 3.05) is 5.75 Å². The van der Waals surface area contributed by atoms with Crippen LogP contribution < -0.4 is 5.69 Å². The van der Waals surface area contributed by atoms with Gasteiger partial charge in [0.2, 0.25) is 0 Å². The Balaban J connectivity index is 1.62. The number of para-hydroxylation sites is 1. The third kappa shape index (κ3) is 3.60. The van der Waals surface area contributed by atoms with Crippen LogP contribution in [0.1, 0.15) is 33.6 Å². The summed E-state index contributed by atoms with van der Waals surface area (Å²) < 4.78 is 1.72. The van der Waals surface area contributed by atoms with Crippen molar-refractivity contribution in [1.29, 1.82) is 0 Å². The van der Waals surface area contributed by atoms with E-state index in [1.54, 1.807) is 4.57 Å². The van der Waals surface area contributed by atoms with Crippen LogP contribution in [0.25, 0.3) is 5.69 Å². The lowest BCUT2D eigenvalue weighted by Gasteiger charge is -2.14. The van der Waals surface area contributed by atoms with Crippen molar-refractivity contribution in [3.05, 3.63) is 87.5 Å². The Morgan fingerprint density at radius 3 is 2.56 bits per heavy atom. The standard InChI is InChI=1S/C22H20N2O2S/c1-15-10-12-16(13-11-15)20(25)14-27-21-18-8-5-9-19(18)24(22(26)23-21)17-6-3-2-4-7-17/h2-4,6-7,10-13H,5,8-9,14H2,1H3. The Labute approximate surface area is 162 Å². The molecule has 0 atom stereocenters. The van der Waals surface area contributed by atoms with Gasteiger partial charge in [0.25, 0.3) is 0 Å². The Bertz CT molecular complexity index is 1040. The molecule has 27 heavy (non-hydrogen) atoms. The summed E-state index contributed by atoms with van der Waals surface area (Å²) in [6.07, 6.45) is 2.77. The summed E-state index contributed by atoms with van der Waals surface area (Å²) in [4.78, 5) is 29.5. The van der Waals surface area contributed by atoms with E-state index in [9.17, 15) is 9.59 Å². The van der Waals surface area contributed by atoms with Gasteiger partial charge in [-0.1, -0.05) is 59.8 Å². The molecular weight excluding hydrogens is 356 g/mol. The molecule has 1 heterocycles. The molecule has 0 N–H and O–H groups in total. The number of ketones is 1. The predicted molar refractivity (Wildman–Crippen MR) is 108 cm³/mol. The molecule has 0 amide bonds. The molecule has 4 rings (SSSR count). The molecule has 1 aromatic heterocycles. The first-order valence-electron chi connectivity index (χ1n) is 9.06. The van der Waals surface area contributed by atoms with Crippen LogP contribution in [0, 0.1) is 6.92 Å². The Kier molecular flexibility index (Phi) is 4.94. The molecule has 0 fully saturated rings. The van der Waals surface area contributed by atoms with Gasteiger partial charge in [-0.3, -0.25) is 9.36 Å². The normalized spacial score (nSPS) is 12.8. The molecule has 0 bridgehead atoms. The summed E-state index contributed by atoms with van der Waals surface area (Å²) in [6, 6.07) is 17.2. The Morgan fingerprint density at radius 2 is 1.81 bits per heavy atom. The molecule has 0 saturated carbocycles. The van der Waals surface area contributed by atoms with Gasteiger partial charge in [0, 0.05) is 16.8 Å². The number of aromatic nitrogens is 2. The molecule has 4 nitrogen and oxygen atoms in total. The summed E-state index contributed by atoms with van der Waals surface area (Å²) in [5.41, 5.74) is 4.55. The molecule has 136 valence electrons. The number of nitrogens with zero attached hydrogens (tertiary/aromatic N) is 2. The molecule has 5 heteroatoms. The van der Waals surface area contributed by atoms with Crippen molar-refractivity contribution in [2.24, 2.45) is 0 Å². The van der Waals surface area contributed by atoms with Crippen LogP contribution in [0.3, 0.4) is 0 Å². The average Bonchev–Trinajstić information content (AvgIpc) is 3.16. The number of hydrogen-bond acceptors (Lipinski definition) is 4. The third-order valence-electron chi connectivity index (χ3n) is 4.83. The first-order valence-corrected chi connectivity index (χ1v) is 10.0. The molecule has 0 aliphatic heterocycles. The van der Waals surface area contributed by atoms with Crippen molar-refractivity contribution in [2.45, 2.75) is 31.2 Å². The zero-order valence-corrected chi connectivity index (χ0v) is 16.0. The fraction of sp³-hybridized carbons (Fsp3) is 0.227. The van der Waals surface area contributed by atoms with Gasteiger partial charge in [0.15, 0.2) is 5.78 Å². The predicted octanol–water partition coefficient (Wildman–Crippen LogP) is 4.00. The van der Waals surface area contributed by atoms with Crippen LogP contribution in [0.4, 0.5) is 0 Å². The largest absolute Gasteiger partial charge is 0.353 e. The van der Waals surface area contributed by atoms with Crippen LogP contribution >= 0.6 is 11.8 Å². The lowest BCUT2D eigenvalue weighted by atomic mass is 10.1. The van der Waals surface area contributed by atoms with Gasteiger partial charge in [-0.15, -0.1) is 0 Å². The molecule has 3 aromatic rings. The summed E-state index contributed by atoms with van der Waals surface area (Å²) in [6.45, 7) is 2.00. The van der Waals surface area contributed by atoms with E-state index < -0.39 is 0 Å². The smallest absolute Gasteiger partial charge is 0.293 e. The highest BCUT2D eigenvalue weighted by atomic mass is 32.2. The first kappa shape index (κ1) is 17.7. The fourth-order valence-electron chi connectivity index (χ4n) is 3.44. The van der Waals surface area contributed by atoms with E-state index in [1.807, 2.05) is 61.5 Å². The zero-order valence-electron chi connectivity index (χ0n) is 15.1. The van der Waals surface area contributed by atoms with Crippen molar-refractivity contribution < 1.29 is 4.79 Å². The van der Waals surface area contributed by atoms with Gasteiger partial charge in [-0.25, -0.2) is 4.79 Å². The van der Waals surface area contributed by atoms with Crippen LogP contribution in [0.15, 0.2) is 64.4 Å². The van der Waals surface area contributed by atoms with E-state index in [0.29, 0.717) is 10.6 Å². The second kappa shape index (κ2) is 7.53. The van der Waals surface area contributed by atoms with Crippen molar-refractivity contribution in [1.82, 2.24) is 9.55 Å². The lowest BCUT2D eigenvalue weighted by molar-refractivity contribution is 0.102. The molecule has 1 aliphatic rings. The second-order valence-electron chi connectivity index (χ2n) is 6.73. The minimum Gasteiger partial charge on any atom is -0.293 e. The highest BCUT2D eigenvalue weighted by Crippen LogP contribution is 2.30. The number of carbonyl (C=O) groups excluding carboxylic acids is 1. The van der Waals surface area contributed by atoms with Crippen molar-refractivity contribution in [3.63, 3.8) is 0 Å². The zero-order chi connectivity index (χ0) is 18.8. The van der Waals surface area contributed by atoms with Crippen LogP contribution in [0.5, 0.6) is 0 Å². The summed E-state index contributed by atoms with van der Waals surface area (Å²) in [7, 11) is 0. The quantitative estimate of drug-likeness (QED) is 0.384. The van der Waals surface area contributed by atoms with Gasteiger partial charge in [0.05, 0.1) is 11.4 Å². The average molecular weight is 376 g/mol. The van der Waals surface area contributed by atoms with Gasteiger partial charge < -0.3 is 0 Å². The number of benzene rings is 2. The van der Waals surface area contributed by atoms with E-state index in [0.717, 1.165) is 41.8 Å². The van der Waals surface area contributed by atoms with E-state index in [4.69, 9.17) is 0 Å². The van der Waals surface area contributed by atoms with Gasteiger partial charge in [-0.05, 0) is 38.3 Å². The van der Waals surface area contributed by atoms with E-state index in [2.05, 4.69) is 4.98 Å². The van der Waals surface area contributed by atoms with E-state index >= 15 is 0 Å². The minimum atomic E-state index is -0.271. The monoisotopic (exact) mass is 376 g/mol. The number of rotatable bonds is 5. The second-order valence-corrected chi connectivity index (χ2v) is 7.69. The fourth-order valence-corrected chi connectivity index (χ4v) is 4.42. The number of Topliss-reactive ketones (excluding diaryl/α,β-unsaturated/α-hetero) is 1. The third-order valence-corrected chi connectivity index (χ3v) is 5.85. The maximum absolute atomic E-state index is 12.7. The van der Waals surface area contributed by atoms with Crippen LogP contribution in [0.2, 0.25) is 0 Å². The number of fused-ring (bicyclic) bond motifs is 1. The molecule has 2 aromatic carbocycles. The maximum Gasteiger partial charge on any atom is 0.353 e. The molecular formula is C22H20N2O2S. The molecule has 0 saturated heterocycles. The topological polar surface area (TPSA) is 52.0 Å². The van der Waals surface area contributed by atoms with Crippen molar-refractivity contribution >= 4 is 17.5 Å². The van der Waals surface area contributed by atoms with Gasteiger partial charge in [0.1, 0.15) is 5.03 Å². The lowest BCUT2D eigenvalue weighted by Crippen LogP contribution is -2.26. The maximum atomic E-state index is 12.7. The SMILES string of the molecule is Cc1ccc(C(=O)CSc2nc(=O)n(-c3ccccc3)c3c2CCC3)cc1. The van der Waals surface area contributed by atoms with Gasteiger partial charge >= 0.3 is 5.69 Å². The molecule has 0 radical (unpaired) electrons. The van der Waals surface area contributed by atoms with E-state index in [1.165, 1.54) is 11.8 Å². The first-order chi connectivity index (χ1) is 13.1. The number of thioether (sulfide) groups is 1. The number of hydrogen-bond donors (Lipinski definition) is 0. The number of aryl methyl sites for hydroxylation is 1. The summed E-state index contributed by atoms with van der Waals surface area (Å²) in [5, 5.41) is 0.708. The molecule has 0 spiro atoms. The Hall–Kier alpha value is -2.66. The van der Waals surface area contributed by atoms with Crippen LogP contribution in [-0.2, 0) is 12.8 Å². The van der Waals surface area contributed by atoms with Gasteiger partial charge in [-0.2, -0.15) is 4.98 Å². The highest BCUT2D eigenvalue weighted by Gasteiger charge is 2.23. The van der Waals surface area contributed by atoms with E-state index in [-0.39, 0.29) is 17.2 Å². The Morgan fingerprint density at radius 1 is 1.07 bits per heavy atom. The molecule has 0 unspecified atom stereocenters.